The second-order valence-corrected chi connectivity index (χ2v) is 34.1. The Morgan fingerprint density at radius 2 is 0.341 bits per heavy atom. The van der Waals surface area contributed by atoms with E-state index < -0.39 is 0 Å². The maximum Gasteiger partial charge on any atom is 0.0541 e. The van der Waals surface area contributed by atoms with E-state index in [2.05, 4.69) is 582 Å². The number of fused-ring (bicyclic) bond motifs is 3. The molecule has 1 aromatic heterocycles. The summed E-state index contributed by atoms with van der Waals surface area (Å²) in [5, 5.41) is 2.56. The largest absolute Gasteiger partial charge is 0.311 e. The third-order valence-electron chi connectivity index (χ3n) is 25.4. The first-order valence-corrected chi connectivity index (χ1v) is 46.9. The lowest BCUT2D eigenvalue weighted by Gasteiger charge is -2.28. The summed E-state index contributed by atoms with van der Waals surface area (Å²) in [7, 11) is 0. The molecule has 4 unspecified atom stereocenters. The van der Waals surface area contributed by atoms with Crippen molar-refractivity contribution in [3.63, 3.8) is 0 Å². The van der Waals surface area contributed by atoms with Crippen LogP contribution in [-0.2, 0) is 0 Å². The Hall–Kier alpha value is -15.4. The average molecular weight is 1720 g/mol. The van der Waals surface area contributed by atoms with Crippen LogP contribution in [0.2, 0.25) is 0 Å². The molecule has 0 aliphatic rings. The molecule has 19 aromatic rings. The van der Waals surface area contributed by atoms with E-state index >= 15 is 0 Å². The first kappa shape index (κ1) is 89.9. The van der Waals surface area contributed by atoms with Crippen LogP contribution in [0.3, 0.4) is 0 Å². The second-order valence-electron chi connectivity index (χ2n) is 34.1. The molecule has 0 fully saturated rings. The highest BCUT2D eigenvalue weighted by atomic mass is 15.2. The van der Waals surface area contributed by atoms with Gasteiger partial charge in [0.05, 0.1) is 11.0 Å². The number of aryl methyl sites for hydroxylation is 1. The molecule has 0 bridgehead atoms. The molecule has 0 N–H and O–H groups in total. The van der Waals surface area contributed by atoms with E-state index in [1.807, 2.05) is 0 Å². The smallest absolute Gasteiger partial charge is 0.0541 e. The maximum atomic E-state index is 2.36. The monoisotopic (exact) mass is 1720 g/mol. The topological polar surface area (TPSA) is 24.4 Å². The number of benzene rings is 18. The number of para-hydroxylation sites is 10. The van der Waals surface area contributed by atoms with Crippen LogP contribution in [0.5, 0.6) is 0 Å². The molecule has 7 nitrogen and oxygen atoms in total. The molecule has 132 heavy (non-hydrogen) atoms. The van der Waals surface area contributed by atoms with Gasteiger partial charge >= 0.3 is 0 Å². The molecule has 654 valence electrons. The van der Waals surface area contributed by atoms with Crippen LogP contribution in [0.15, 0.2) is 485 Å². The van der Waals surface area contributed by atoms with Gasteiger partial charge in [0.2, 0.25) is 0 Å². The minimum Gasteiger partial charge on any atom is -0.311 e. The maximum absolute atomic E-state index is 2.36. The molecular formula is C125H119N7. The molecule has 0 spiro atoms. The fourth-order valence-corrected chi connectivity index (χ4v) is 17.3. The summed E-state index contributed by atoms with van der Waals surface area (Å²) in [6.07, 6.45) is 4.59. The lowest BCUT2D eigenvalue weighted by Crippen LogP contribution is -2.12. The Bertz CT molecular complexity index is 6580. The highest BCUT2D eigenvalue weighted by Crippen LogP contribution is 2.45. The zero-order chi connectivity index (χ0) is 90.9. The van der Waals surface area contributed by atoms with Crippen molar-refractivity contribution < 1.29 is 0 Å². The van der Waals surface area contributed by atoms with E-state index in [1.54, 1.807) is 0 Å². The summed E-state index contributed by atoms with van der Waals surface area (Å²) >= 11 is 0. The van der Waals surface area contributed by atoms with Gasteiger partial charge in [-0.2, -0.15) is 0 Å². The normalized spacial score (nSPS) is 11.8. The van der Waals surface area contributed by atoms with Crippen molar-refractivity contribution in [3.8, 4) is 5.69 Å². The van der Waals surface area contributed by atoms with Gasteiger partial charge in [0.1, 0.15) is 0 Å². The van der Waals surface area contributed by atoms with Crippen LogP contribution in [0.4, 0.5) is 102 Å². The second kappa shape index (κ2) is 44.0. The molecule has 0 radical (unpaired) electrons. The summed E-state index contributed by atoms with van der Waals surface area (Å²) in [4.78, 5) is 13.9. The third kappa shape index (κ3) is 21.4. The number of anilines is 18. The zero-order valence-corrected chi connectivity index (χ0v) is 77.5. The Morgan fingerprint density at radius 3 is 0.545 bits per heavy atom. The summed E-state index contributed by atoms with van der Waals surface area (Å²) in [5.41, 5.74) is 31.1. The lowest BCUT2D eigenvalue weighted by molar-refractivity contribution is 0.733. The van der Waals surface area contributed by atoms with Crippen molar-refractivity contribution >= 4 is 124 Å². The van der Waals surface area contributed by atoms with Crippen molar-refractivity contribution in [3.05, 3.63) is 513 Å². The van der Waals surface area contributed by atoms with Crippen LogP contribution in [0.25, 0.3) is 27.5 Å². The summed E-state index contributed by atoms with van der Waals surface area (Å²) < 4.78 is 2.36. The molecule has 7 heteroatoms. The molecular weight excluding hydrogens is 1600 g/mol. The first-order valence-electron chi connectivity index (χ1n) is 46.9. The molecule has 0 aliphatic carbocycles. The molecule has 18 aromatic carbocycles. The standard InChI is InChI=1S/C35H34N2.C34H30N2.C34H32N2.C22H23N/c1-4-28(3)29-18-20-32(21-19-29)36(30-13-7-5-8-14-30)33-22-24-34(25-23-33)37(31-15-9-6-10-16-31)35-17-11-12-27(2)26-35;1-3-25(2)26-17-19-28(20-18-26)35(27-11-5-4-6-12-27)29-21-23-30(24-22-29)36-33-15-9-7-13-31(33)32-14-8-10-16-34(32)36;1-3-27(2)28-19-21-32(22-20-28)36(31-17-11-6-12-18-31)34-25-23-33(24-26-34)35(29-13-7-4-8-14-29)30-15-9-5-10-16-30;1-3-18(2)19-14-16-22(17-15-19)23(20-10-6-4-7-11-20)21-12-8-5-9-13-21/h5-26,28H,4H2,1-3H3;4-25H,3H2,1-2H3;4-27H,3H2,1-2H3;4-18H,3H2,1-2H3. The molecule has 19 rings (SSSR count). The van der Waals surface area contributed by atoms with Gasteiger partial charge in [-0.15, -0.1) is 0 Å². The number of aromatic nitrogens is 1. The Balaban J connectivity index is 0.000000130. The number of hydrogen-bond acceptors (Lipinski definition) is 6. The number of hydrogen-bond donors (Lipinski definition) is 0. The van der Waals surface area contributed by atoms with Gasteiger partial charge in [0.25, 0.3) is 0 Å². The van der Waals surface area contributed by atoms with Crippen LogP contribution in [0.1, 0.15) is 133 Å². The third-order valence-corrected chi connectivity index (χ3v) is 25.4. The summed E-state index contributed by atoms with van der Waals surface area (Å²) in [6, 6.07) is 173. The summed E-state index contributed by atoms with van der Waals surface area (Å²) in [6.45, 7) is 20.2. The van der Waals surface area contributed by atoms with Crippen molar-refractivity contribution in [2.45, 2.75) is 112 Å². The molecule has 1 heterocycles. The van der Waals surface area contributed by atoms with Crippen molar-refractivity contribution in [1.82, 2.24) is 4.57 Å². The van der Waals surface area contributed by atoms with Gasteiger partial charge in [0.15, 0.2) is 0 Å². The first-order chi connectivity index (χ1) is 64.9. The van der Waals surface area contributed by atoms with Gasteiger partial charge in [-0.1, -0.05) is 298 Å². The van der Waals surface area contributed by atoms with E-state index in [1.165, 1.54) is 73.1 Å². The van der Waals surface area contributed by atoms with Crippen LogP contribution >= 0.6 is 0 Å². The van der Waals surface area contributed by atoms with Crippen molar-refractivity contribution in [2.75, 3.05) is 29.4 Å². The quantitative estimate of drug-likeness (QED) is 0.0509. The minimum absolute atomic E-state index is 0.559. The summed E-state index contributed by atoms with van der Waals surface area (Å²) in [5.74, 6) is 2.29. The Kier molecular flexibility index (Phi) is 30.0. The van der Waals surface area contributed by atoms with E-state index in [0.29, 0.717) is 23.7 Å². The highest BCUT2D eigenvalue weighted by molar-refractivity contribution is 6.09. The molecule has 0 aliphatic heterocycles. The van der Waals surface area contributed by atoms with Crippen LogP contribution in [0, 0.1) is 6.92 Å². The predicted molar refractivity (Wildman–Crippen MR) is 568 cm³/mol. The number of rotatable bonds is 27. The zero-order valence-electron chi connectivity index (χ0n) is 77.5. The highest BCUT2D eigenvalue weighted by Gasteiger charge is 2.23. The Labute approximate surface area is 783 Å². The van der Waals surface area contributed by atoms with E-state index in [-0.39, 0.29) is 0 Å². The van der Waals surface area contributed by atoms with Crippen LogP contribution < -0.4 is 29.4 Å². The fourth-order valence-electron chi connectivity index (χ4n) is 17.3. The van der Waals surface area contributed by atoms with E-state index in [9.17, 15) is 0 Å². The van der Waals surface area contributed by atoms with Crippen LogP contribution in [-0.4, -0.2) is 4.57 Å². The molecule has 0 saturated heterocycles. The van der Waals surface area contributed by atoms with Gasteiger partial charge in [-0.25, -0.2) is 0 Å². The average Bonchev–Trinajstić information content (AvgIpc) is 1.61. The van der Waals surface area contributed by atoms with Gasteiger partial charge < -0.3 is 34.0 Å². The van der Waals surface area contributed by atoms with Crippen molar-refractivity contribution in [1.29, 1.82) is 0 Å². The van der Waals surface area contributed by atoms with E-state index in [0.717, 1.165) is 110 Å². The molecule has 4 atom stereocenters. The Morgan fingerprint density at radius 1 is 0.174 bits per heavy atom. The van der Waals surface area contributed by atoms with Gasteiger partial charge in [-0.05, 0) is 327 Å². The van der Waals surface area contributed by atoms with E-state index in [4.69, 9.17) is 0 Å². The molecule has 0 amide bonds. The SMILES string of the molecule is CCC(C)c1ccc(N(c2ccccc2)c2ccc(-n3c4ccccc4c4ccccc43)cc2)cc1.CCC(C)c1ccc(N(c2ccccc2)c2ccc(N(c3ccccc3)c3cccc(C)c3)cc2)cc1.CCC(C)c1ccc(N(c2ccccc2)c2ccc(N(c3ccccc3)c3ccccc3)cc2)cc1.CCC(C)c1ccc(N(c2ccccc2)c2ccccc2)cc1. The fraction of sp³-hybridized carbons (Fsp3) is 0.136. The predicted octanol–water partition coefficient (Wildman–Crippen LogP) is 37.0. The number of nitrogens with zero attached hydrogens (tertiary/aromatic N) is 7. The lowest BCUT2D eigenvalue weighted by atomic mass is 9.98. The van der Waals surface area contributed by atoms with Crippen molar-refractivity contribution in [2.24, 2.45) is 0 Å². The minimum atomic E-state index is 0.559. The molecule has 0 saturated carbocycles. The van der Waals surface area contributed by atoms with Gasteiger partial charge in [-0.3, -0.25) is 0 Å². The van der Waals surface area contributed by atoms with Gasteiger partial charge in [0, 0.05) is 119 Å².